The van der Waals surface area contributed by atoms with Crippen molar-refractivity contribution in [3.8, 4) is 0 Å². The number of aromatic nitrogens is 2. The number of esters is 1. The summed E-state index contributed by atoms with van der Waals surface area (Å²) in [5.74, 6) is -0.111. The largest absolute Gasteiger partial charge is 1.00 e. The Kier molecular flexibility index (Phi) is 6.40. The number of quaternary nitrogens is 1. The standard InChI is InChI=1S/C27H26N4O4.BrH/c32-25(27(34)21-8-3-1-6-19(21)16-20-7-2-4-9-22(20)27)35-23-17-31(14-11-18(23)12-15-31)26(33)29-24-10-5-13-28-30-24;/h1-10,13,18,23,34H,11-12,14-17H2;1H/t18?,23-,31?;/m0./s1. The molecule has 0 saturated carbocycles. The molecule has 3 fully saturated rings. The molecule has 2 bridgehead atoms. The van der Waals surface area contributed by atoms with Gasteiger partial charge in [0, 0.05) is 36.1 Å². The van der Waals surface area contributed by atoms with Gasteiger partial charge < -0.3 is 26.8 Å². The van der Waals surface area contributed by atoms with Gasteiger partial charge in [-0.05, 0) is 29.7 Å². The molecule has 3 saturated heterocycles. The van der Waals surface area contributed by atoms with Crippen LogP contribution in [-0.2, 0) is 21.6 Å². The van der Waals surface area contributed by atoms with Crippen molar-refractivity contribution < 1.29 is 40.9 Å². The second-order valence-corrected chi connectivity index (χ2v) is 9.80. The molecule has 2 amide bonds. The van der Waals surface area contributed by atoms with Gasteiger partial charge in [-0.1, -0.05) is 48.5 Å². The second kappa shape index (κ2) is 9.38. The number of carbonyl (C=O) groups excluding carboxylic acids is 2. The van der Waals surface area contributed by atoms with Gasteiger partial charge in [-0.25, -0.2) is 14.1 Å². The van der Waals surface area contributed by atoms with Crippen LogP contribution in [0.2, 0.25) is 0 Å². The molecule has 4 aliphatic rings. The summed E-state index contributed by atoms with van der Waals surface area (Å²) in [6.45, 7) is 1.74. The van der Waals surface area contributed by atoms with Gasteiger partial charge in [0.05, 0.1) is 13.1 Å². The van der Waals surface area contributed by atoms with Gasteiger partial charge >= 0.3 is 12.0 Å². The van der Waals surface area contributed by atoms with Crippen LogP contribution in [0.3, 0.4) is 0 Å². The summed E-state index contributed by atoms with van der Waals surface area (Å²) in [4.78, 5) is 27.0. The lowest BCUT2D eigenvalue weighted by molar-refractivity contribution is -0.869. The highest BCUT2D eigenvalue weighted by molar-refractivity contribution is 5.88. The van der Waals surface area contributed by atoms with E-state index < -0.39 is 17.7 Å². The molecule has 1 atom stereocenters. The number of ether oxygens (including phenoxy) is 1. The van der Waals surface area contributed by atoms with Crippen LogP contribution in [0.5, 0.6) is 0 Å². The van der Waals surface area contributed by atoms with Crippen LogP contribution >= 0.6 is 0 Å². The number of benzene rings is 2. The normalized spacial score (nSPS) is 25.0. The third-order valence-corrected chi connectivity index (χ3v) is 7.90. The van der Waals surface area contributed by atoms with Crippen molar-refractivity contribution >= 4 is 17.8 Å². The molecule has 1 aliphatic carbocycles. The second-order valence-electron chi connectivity index (χ2n) is 9.80. The fourth-order valence-electron chi connectivity index (χ4n) is 5.99. The van der Waals surface area contributed by atoms with E-state index in [2.05, 4.69) is 15.5 Å². The van der Waals surface area contributed by atoms with Crippen molar-refractivity contribution in [2.24, 2.45) is 5.92 Å². The minimum Gasteiger partial charge on any atom is -1.00 e. The molecular weight excluding hydrogens is 524 g/mol. The van der Waals surface area contributed by atoms with E-state index in [-0.39, 0.29) is 33.4 Å². The number of halogens is 1. The van der Waals surface area contributed by atoms with Crippen molar-refractivity contribution in [2.45, 2.75) is 31.0 Å². The zero-order valence-corrected chi connectivity index (χ0v) is 21.2. The van der Waals surface area contributed by atoms with Gasteiger partial charge in [0.1, 0.15) is 6.54 Å². The lowest BCUT2D eigenvalue weighted by Crippen LogP contribution is -3.00. The Bertz CT molecular complexity index is 1250. The molecule has 3 aliphatic heterocycles. The first-order valence-electron chi connectivity index (χ1n) is 12.1. The van der Waals surface area contributed by atoms with Gasteiger partial charge in [-0.3, -0.25) is 5.32 Å². The molecule has 36 heavy (non-hydrogen) atoms. The number of rotatable bonds is 3. The Morgan fingerprint density at radius 3 is 2.22 bits per heavy atom. The molecule has 7 rings (SSSR count). The molecule has 0 radical (unpaired) electrons. The van der Waals surface area contributed by atoms with Crippen LogP contribution in [0.1, 0.15) is 35.1 Å². The van der Waals surface area contributed by atoms with E-state index in [4.69, 9.17) is 4.74 Å². The van der Waals surface area contributed by atoms with E-state index >= 15 is 0 Å². The summed E-state index contributed by atoms with van der Waals surface area (Å²) in [6, 6.07) is 18.2. The lowest BCUT2D eigenvalue weighted by atomic mass is 9.74. The molecule has 186 valence electrons. The Balaban J connectivity index is 0.00000267. The van der Waals surface area contributed by atoms with Crippen LogP contribution in [0, 0.1) is 5.92 Å². The molecule has 8 nitrogen and oxygen atoms in total. The SMILES string of the molecule is O=C(O[C@H]1C[N+]2(C(=O)Nc3cccnn3)CCC1CC2)C1(O)c2ccccc2Cc2ccccc21.[Br-]. The molecule has 0 spiro atoms. The molecule has 1 aromatic heterocycles. The fraction of sp³-hybridized carbons (Fsp3) is 0.333. The maximum atomic E-state index is 13.8. The summed E-state index contributed by atoms with van der Waals surface area (Å²) in [5.41, 5.74) is 1.06. The number of urea groups is 1. The van der Waals surface area contributed by atoms with E-state index in [1.807, 2.05) is 36.4 Å². The fourth-order valence-corrected chi connectivity index (χ4v) is 5.99. The number of piperidine rings is 3. The molecular formula is C27H27BrN4O4. The number of nitrogens with one attached hydrogen (secondary N) is 1. The Morgan fingerprint density at radius 1 is 0.972 bits per heavy atom. The van der Waals surface area contributed by atoms with E-state index in [1.54, 1.807) is 30.5 Å². The average Bonchev–Trinajstić information content (AvgIpc) is 2.90. The number of aliphatic hydroxyl groups is 1. The van der Waals surface area contributed by atoms with Crippen molar-refractivity contribution in [2.75, 3.05) is 25.0 Å². The van der Waals surface area contributed by atoms with Crippen LogP contribution in [0.15, 0.2) is 66.9 Å². The quantitative estimate of drug-likeness (QED) is 0.352. The lowest BCUT2D eigenvalue weighted by Gasteiger charge is -2.49. The number of hydrogen-bond acceptors (Lipinski definition) is 6. The first kappa shape index (κ1) is 24.5. The van der Waals surface area contributed by atoms with E-state index in [9.17, 15) is 14.7 Å². The van der Waals surface area contributed by atoms with Crippen molar-refractivity contribution in [1.29, 1.82) is 0 Å². The number of hydrogen-bond donors (Lipinski definition) is 2. The van der Waals surface area contributed by atoms with E-state index in [1.165, 1.54) is 0 Å². The average molecular weight is 551 g/mol. The van der Waals surface area contributed by atoms with Gasteiger partial charge in [0.15, 0.2) is 11.9 Å². The summed E-state index contributed by atoms with van der Waals surface area (Å²) in [7, 11) is 0. The smallest absolute Gasteiger partial charge is 0.422 e. The van der Waals surface area contributed by atoms with Crippen molar-refractivity contribution in [3.05, 3.63) is 89.1 Å². The maximum absolute atomic E-state index is 13.8. The Hall–Kier alpha value is -3.14. The minimum absolute atomic E-state index is 0. The Labute approximate surface area is 219 Å². The maximum Gasteiger partial charge on any atom is 0.422 e. The molecule has 3 aromatic rings. The number of anilines is 1. The van der Waals surface area contributed by atoms with Gasteiger partial charge in [0.25, 0.3) is 0 Å². The summed E-state index contributed by atoms with van der Waals surface area (Å²) in [5, 5.41) is 22.6. The van der Waals surface area contributed by atoms with Crippen LogP contribution < -0.4 is 22.3 Å². The number of fused-ring (bicyclic) bond motifs is 5. The topological polar surface area (TPSA) is 101 Å². The molecule has 9 heteroatoms. The van der Waals surface area contributed by atoms with Crippen molar-refractivity contribution in [3.63, 3.8) is 0 Å². The number of nitrogens with zero attached hydrogens (tertiary/aromatic N) is 3. The van der Waals surface area contributed by atoms with E-state index in [0.29, 0.717) is 43.0 Å². The van der Waals surface area contributed by atoms with Crippen LogP contribution in [0.25, 0.3) is 0 Å². The van der Waals surface area contributed by atoms with Crippen molar-refractivity contribution in [1.82, 2.24) is 10.2 Å². The van der Waals surface area contributed by atoms with Crippen LogP contribution in [-0.4, -0.2) is 57.5 Å². The van der Waals surface area contributed by atoms with Gasteiger partial charge in [-0.15, -0.1) is 5.10 Å². The van der Waals surface area contributed by atoms with Gasteiger partial charge in [0.2, 0.25) is 5.60 Å². The number of amides is 2. The Morgan fingerprint density at radius 2 is 1.61 bits per heavy atom. The predicted molar refractivity (Wildman–Crippen MR) is 127 cm³/mol. The summed E-state index contributed by atoms with van der Waals surface area (Å²) < 4.78 is 6.27. The summed E-state index contributed by atoms with van der Waals surface area (Å²) in [6.07, 6.45) is 3.30. The zero-order valence-electron chi connectivity index (χ0n) is 19.6. The highest BCUT2D eigenvalue weighted by Crippen LogP contribution is 2.43. The first-order chi connectivity index (χ1) is 17.0. The zero-order chi connectivity index (χ0) is 24.0. The highest BCUT2D eigenvalue weighted by atomic mass is 79.9. The monoisotopic (exact) mass is 550 g/mol. The third-order valence-electron chi connectivity index (χ3n) is 7.90. The first-order valence-corrected chi connectivity index (χ1v) is 12.1. The minimum atomic E-state index is -1.88. The summed E-state index contributed by atoms with van der Waals surface area (Å²) >= 11 is 0. The van der Waals surface area contributed by atoms with Gasteiger partial charge in [-0.2, -0.15) is 5.10 Å². The molecule has 4 heterocycles. The molecule has 2 N–H and O–H groups in total. The van der Waals surface area contributed by atoms with Crippen LogP contribution in [0.4, 0.5) is 10.6 Å². The third kappa shape index (κ3) is 3.91. The highest BCUT2D eigenvalue weighted by Gasteiger charge is 2.54. The number of carbonyl (C=O) groups is 2. The van der Waals surface area contributed by atoms with E-state index in [0.717, 1.165) is 24.0 Å². The molecule has 2 aromatic carbocycles. The predicted octanol–water partition coefficient (Wildman–Crippen LogP) is 0.00500. The molecule has 0 unspecified atom stereocenters.